The van der Waals surface area contributed by atoms with Crippen LogP contribution in [0.3, 0.4) is 0 Å². The summed E-state index contributed by atoms with van der Waals surface area (Å²) in [6.07, 6.45) is 0.0953. The van der Waals surface area contributed by atoms with Crippen LogP contribution in [0.1, 0.15) is 30.5 Å². The van der Waals surface area contributed by atoms with Gasteiger partial charge in [-0.1, -0.05) is 79.5 Å². The third-order valence-electron chi connectivity index (χ3n) is 7.95. The molecule has 1 N–H and O–H groups in total. The molecule has 264 valence electrons. The molecule has 0 aliphatic heterocycles. The summed E-state index contributed by atoms with van der Waals surface area (Å²) in [5, 5.41) is 15.2. The number of nitro benzene ring substituents is 1. The van der Waals surface area contributed by atoms with Crippen molar-refractivity contribution in [2.45, 2.75) is 44.7 Å². The largest absolute Gasteiger partial charge is 0.497 e. The Bertz CT molecular complexity index is 1920. The van der Waals surface area contributed by atoms with Gasteiger partial charge in [-0.3, -0.25) is 24.0 Å². The first kappa shape index (κ1) is 38.2. The second kappa shape index (κ2) is 16.8. The van der Waals surface area contributed by atoms with Crippen molar-refractivity contribution in [3.8, 4) is 5.75 Å². The lowest BCUT2D eigenvalue weighted by atomic mass is 10.0. The minimum absolute atomic E-state index is 0.0852. The summed E-state index contributed by atoms with van der Waals surface area (Å²) < 4.78 is 34.8. The number of aryl methyl sites for hydroxylation is 1. The molecule has 0 fully saturated rings. The summed E-state index contributed by atoms with van der Waals surface area (Å²) in [5.41, 5.74) is 1.08. The number of ether oxygens (including phenoxy) is 1. The average molecular weight is 742 g/mol. The normalized spacial score (nSPS) is 11.9. The second-order valence-corrected chi connectivity index (χ2v) is 14.7. The number of benzene rings is 4. The number of anilines is 1. The fourth-order valence-electron chi connectivity index (χ4n) is 5.18. The first-order valence-electron chi connectivity index (χ1n) is 15.7. The zero-order valence-electron chi connectivity index (χ0n) is 28.0. The van der Waals surface area contributed by atoms with Crippen molar-refractivity contribution in [1.29, 1.82) is 0 Å². The van der Waals surface area contributed by atoms with Crippen LogP contribution in [-0.2, 0) is 32.6 Å². The zero-order valence-corrected chi connectivity index (χ0v) is 30.3. The van der Waals surface area contributed by atoms with Crippen LogP contribution < -0.4 is 14.4 Å². The lowest BCUT2D eigenvalue weighted by Gasteiger charge is -2.34. The minimum atomic E-state index is -4.60. The van der Waals surface area contributed by atoms with Crippen LogP contribution in [0.4, 0.5) is 11.4 Å². The van der Waals surface area contributed by atoms with Crippen molar-refractivity contribution in [2.75, 3.05) is 24.5 Å². The molecule has 0 unspecified atom stereocenters. The number of carbonyl (C=O) groups excluding carboxylic acids is 2. The van der Waals surface area contributed by atoms with E-state index in [-0.39, 0.29) is 40.2 Å². The lowest BCUT2D eigenvalue weighted by molar-refractivity contribution is -0.385. The summed E-state index contributed by atoms with van der Waals surface area (Å²) in [6, 6.07) is 22.4. The Labute approximate surface area is 302 Å². The van der Waals surface area contributed by atoms with Crippen LogP contribution in [0.15, 0.2) is 95.9 Å². The third-order valence-corrected chi connectivity index (χ3v) is 10.4. The predicted molar refractivity (Wildman–Crippen MR) is 194 cm³/mol. The van der Waals surface area contributed by atoms with Gasteiger partial charge in [0.1, 0.15) is 18.3 Å². The summed E-state index contributed by atoms with van der Waals surface area (Å²) >= 11 is 13.1. The summed E-state index contributed by atoms with van der Waals surface area (Å²) in [6.45, 7) is 4.70. The number of nitrogens with zero attached hydrogens (tertiary/aromatic N) is 3. The van der Waals surface area contributed by atoms with Crippen LogP contribution in [0.25, 0.3) is 0 Å². The Morgan fingerprint density at radius 1 is 0.940 bits per heavy atom. The van der Waals surface area contributed by atoms with Gasteiger partial charge in [0.2, 0.25) is 11.8 Å². The van der Waals surface area contributed by atoms with Crippen LogP contribution in [-0.4, -0.2) is 56.3 Å². The molecule has 0 aliphatic rings. The number of carbonyl (C=O) groups is 2. The van der Waals surface area contributed by atoms with Gasteiger partial charge in [0, 0.05) is 46.7 Å². The van der Waals surface area contributed by atoms with Crippen molar-refractivity contribution < 1.29 is 27.7 Å². The summed E-state index contributed by atoms with van der Waals surface area (Å²) in [5.74, 6) is -0.661. The minimum Gasteiger partial charge on any atom is -0.497 e. The molecule has 0 spiro atoms. The molecule has 4 aromatic carbocycles. The highest BCUT2D eigenvalue weighted by molar-refractivity contribution is 7.92. The van der Waals surface area contributed by atoms with E-state index >= 15 is 0 Å². The fourth-order valence-corrected chi connectivity index (χ4v) is 7.13. The Kier molecular flexibility index (Phi) is 12.9. The highest BCUT2D eigenvalue weighted by atomic mass is 35.5. The summed E-state index contributed by atoms with van der Waals surface area (Å²) in [4.78, 5) is 40.6. The van der Waals surface area contributed by atoms with E-state index in [2.05, 4.69) is 5.32 Å². The van der Waals surface area contributed by atoms with Crippen LogP contribution in [0.5, 0.6) is 5.75 Å². The molecular formula is C36H38Cl2N4O7S. The van der Waals surface area contributed by atoms with Gasteiger partial charge in [-0.2, -0.15) is 0 Å². The van der Waals surface area contributed by atoms with Gasteiger partial charge in [0.15, 0.2) is 0 Å². The number of hydrogen-bond acceptors (Lipinski definition) is 7. The van der Waals surface area contributed by atoms with E-state index in [1.54, 1.807) is 18.2 Å². The lowest BCUT2D eigenvalue weighted by Crippen LogP contribution is -2.53. The third kappa shape index (κ3) is 9.32. The molecule has 0 radical (unpaired) electrons. The maximum absolute atomic E-state index is 14.7. The molecule has 4 rings (SSSR count). The van der Waals surface area contributed by atoms with Gasteiger partial charge in [0.05, 0.1) is 22.6 Å². The number of halogens is 2. The Hall–Kier alpha value is -4.65. The smallest absolute Gasteiger partial charge is 0.273 e. The van der Waals surface area contributed by atoms with Crippen molar-refractivity contribution in [1.82, 2.24) is 10.2 Å². The summed E-state index contributed by atoms with van der Waals surface area (Å²) in [7, 11) is -3.15. The van der Waals surface area contributed by atoms with Gasteiger partial charge in [-0.25, -0.2) is 8.42 Å². The molecule has 0 bridgehead atoms. The van der Waals surface area contributed by atoms with Gasteiger partial charge >= 0.3 is 0 Å². The van der Waals surface area contributed by atoms with E-state index in [0.717, 1.165) is 15.9 Å². The van der Waals surface area contributed by atoms with E-state index in [4.69, 9.17) is 27.9 Å². The van der Waals surface area contributed by atoms with Gasteiger partial charge < -0.3 is 15.0 Å². The average Bonchev–Trinajstić information content (AvgIpc) is 3.09. The van der Waals surface area contributed by atoms with E-state index in [1.807, 2.05) is 44.2 Å². The number of sulfonamides is 1. The number of methoxy groups -OCH3 is 1. The molecule has 4 aromatic rings. The Morgan fingerprint density at radius 3 is 2.16 bits per heavy atom. The Morgan fingerprint density at radius 2 is 1.58 bits per heavy atom. The van der Waals surface area contributed by atoms with E-state index in [9.17, 15) is 28.1 Å². The number of hydrogen-bond donors (Lipinski definition) is 1. The monoisotopic (exact) mass is 740 g/mol. The molecule has 2 amide bonds. The van der Waals surface area contributed by atoms with E-state index in [0.29, 0.717) is 17.9 Å². The zero-order chi connectivity index (χ0) is 36.6. The maximum atomic E-state index is 14.7. The van der Waals surface area contributed by atoms with Crippen molar-refractivity contribution in [3.05, 3.63) is 128 Å². The van der Waals surface area contributed by atoms with Crippen LogP contribution in [0, 0.1) is 23.0 Å². The number of nitro groups is 1. The van der Waals surface area contributed by atoms with Crippen molar-refractivity contribution >= 4 is 56.4 Å². The fraction of sp³-hybridized carbons (Fsp3) is 0.278. The van der Waals surface area contributed by atoms with Crippen molar-refractivity contribution in [3.63, 3.8) is 0 Å². The highest BCUT2D eigenvalue weighted by Crippen LogP contribution is 2.31. The molecule has 0 heterocycles. The number of nitrogens with one attached hydrogen (secondary N) is 1. The highest BCUT2D eigenvalue weighted by Gasteiger charge is 2.36. The first-order valence-corrected chi connectivity index (χ1v) is 17.9. The standard InChI is InChI=1S/C36H38Cl2N4O7S/c1-24(2)21-39-36(44)34(19-26-9-6-5-7-10-26)40(22-30-31(37)11-8-12-32(30)38)35(43)23-41(27-14-16-28(49-4)17-15-27)50(47,48)29-18-13-25(3)33(20-29)42(45)46/h5-18,20,24,34H,19,21-23H2,1-4H3,(H,39,44)/t34-/m1/s1. The molecule has 50 heavy (non-hydrogen) atoms. The van der Waals surface area contributed by atoms with Crippen LogP contribution >= 0.6 is 23.2 Å². The quantitative estimate of drug-likeness (QED) is 0.104. The van der Waals surface area contributed by atoms with Gasteiger partial charge in [0.25, 0.3) is 15.7 Å². The number of rotatable bonds is 15. The van der Waals surface area contributed by atoms with Gasteiger partial charge in [-0.05, 0) is 60.9 Å². The first-order chi connectivity index (χ1) is 23.7. The number of amides is 2. The topological polar surface area (TPSA) is 139 Å². The SMILES string of the molecule is COc1ccc(N(CC(=O)N(Cc2c(Cl)cccc2Cl)[C@H](Cc2ccccc2)C(=O)NCC(C)C)S(=O)(=O)c2ccc(C)c([N+](=O)[O-])c2)cc1. The van der Waals surface area contributed by atoms with Crippen molar-refractivity contribution in [2.24, 2.45) is 5.92 Å². The molecule has 0 aromatic heterocycles. The van der Waals surface area contributed by atoms with Gasteiger partial charge in [-0.15, -0.1) is 0 Å². The molecule has 11 nitrogen and oxygen atoms in total. The molecule has 1 atom stereocenters. The maximum Gasteiger partial charge on any atom is 0.273 e. The molecule has 0 saturated heterocycles. The molecular weight excluding hydrogens is 703 g/mol. The second-order valence-electron chi connectivity index (χ2n) is 12.0. The predicted octanol–water partition coefficient (Wildman–Crippen LogP) is 6.83. The van der Waals surface area contributed by atoms with Crippen LogP contribution in [0.2, 0.25) is 10.0 Å². The van der Waals surface area contributed by atoms with E-state index in [1.165, 1.54) is 55.3 Å². The molecule has 0 saturated carbocycles. The molecule has 14 heteroatoms. The Balaban J connectivity index is 1.87. The van der Waals surface area contributed by atoms with E-state index < -0.39 is 49.9 Å². The molecule has 0 aliphatic carbocycles.